The van der Waals surface area contributed by atoms with E-state index in [9.17, 15) is 0 Å². The number of halogens is 1. The third-order valence-corrected chi connectivity index (χ3v) is 4.06. The summed E-state index contributed by atoms with van der Waals surface area (Å²) in [6.45, 7) is 2.30. The standard InChI is InChI=1S/C11H16BrN3/c1-7(8-2-3-8)11-14-13-10(6-12)15(11)9-4-5-9/h7-9H,2-6H2,1H3. The van der Waals surface area contributed by atoms with Crippen molar-refractivity contribution in [2.75, 3.05) is 0 Å². The van der Waals surface area contributed by atoms with E-state index in [2.05, 4.69) is 37.6 Å². The molecule has 0 radical (unpaired) electrons. The smallest absolute Gasteiger partial charge is 0.143 e. The number of rotatable bonds is 4. The van der Waals surface area contributed by atoms with E-state index >= 15 is 0 Å². The predicted octanol–water partition coefficient (Wildman–Crippen LogP) is 3.02. The van der Waals surface area contributed by atoms with E-state index in [1.807, 2.05) is 0 Å². The van der Waals surface area contributed by atoms with E-state index in [0.717, 1.165) is 17.1 Å². The molecule has 0 amide bonds. The molecule has 3 nitrogen and oxygen atoms in total. The summed E-state index contributed by atoms with van der Waals surface area (Å²) < 4.78 is 2.39. The van der Waals surface area contributed by atoms with Crippen LogP contribution in [0.3, 0.4) is 0 Å². The van der Waals surface area contributed by atoms with Crippen molar-refractivity contribution in [3.8, 4) is 0 Å². The van der Waals surface area contributed by atoms with E-state index in [1.54, 1.807) is 0 Å². The first kappa shape index (κ1) is 9.82. The van der Waals surface area contributed by atoms with Gasteiger partial charge in [-0.15, -0.1) is 10.2 Å². The van der Waals surface area contributed by atoms with Crippen LogP contribution in [0.5, 0.6) is 0 Å². The Morgan fingerprint density at radius 3 is 2.60 bits per heavy atom. The van der Waals surface area contributed by atoms with Crippen molar-refractivity contribution in [2.45, 2.75) is 49.9 Å². The summed E-state index contributed by atoms with van der Waals surface area (Å²) in [6, 6.07) is 0.698. The first-order valence-electron chi connectivity index (χ1n) is 5.81. The molecule has 0 N–H and O–H groups in total. The number of hydrogen-bond acceptors (Lipinski definition) is 2. The van der Waals surface area contributed by atoms with Crippen molar-refractivity contribution in [2.24, 2.45) is 5.92 Å². The van der Waals surface area contributed by atoms with Crippen LogP contribution in [-0.2, 0) is 5.33 Å². The van der Waals surface area contributed by atoms with Gasteiger partial charge in [0.1, 0.15) is 11.6 Å². The molecular formula is C11H16BrN3. The van der Waals surface area contributed by atoms with E-state index in [4.69, 9.17) is 0 Å². The Hall–Kier alpha value is -0.380. The molecule has 82 valence electrons. The molecule has 2 saturated carbocycles. The van der Waals surface area contributed by atoms with Gasteiger partial charge in [-0.2, -0.15) is 0 Å². The third-order valence-electron chi connectivity index (χ3n) is 3.56. The van der Waals surface area contributed by atoms with Crippen molar-refractivity contribution >= 4 is 15.9 Å². The van der Waals surface area contributed by atoms with Crippen molar-refractivity contribution in [1.82, 2.24) is 14.8 Å². The van der Waals surface area contributed by atoms with Crippen LogP contribution in [0, 0.1) is 5.92 Å². The molecule has 0 saturated heterocycles. The van der Waals surface area contributed by atoms with E-state index < -0.39 is 0 Å². The second-order valence-electron chi connectivity index (χ2n) is 4.84. The average Bonchev–Trinajstić information content (AvgIpc) is 3.12. The van der Waals surface area contributed by atoms with Gasteiger partial charge in [-0.05, 0) is 31.6 Å². The van der Waals surface area contributed by atoms with Crippen molar-refractivity contribution in [3.63, 3.8) is 0 Å². The minimum atomic E-state index is 0.603. The highest BCUT2D eigenvalue weighted by atomic mass is 79.9. The molecule has 1 atom stereocenters. The van der Waals surface area contributed by atoms with Gasteiger partial charge in [-0.3, -0.25) is 0 Å². The summed E-state index contributed by atoms with van der Waals surface area (Å²) >= 11 is 3.50. The lowest BCUT2D eigenvalue weighted by Gasteiger charge is -2.12. The molecule has 15 heavy (non-hydrogen) atoms. The quantitative estimate of drug-likeness (QED) is 0.787. The molecule has 1 unspecified atom stereocenters. The van der Waals surface area contributed by atoms with Gasteiger partial charge >= 0.3 is 0 Å². The van der Waals surface area contributed by atoms with Gasteiger partial charge in [0, 0.05) is 12.0 Å². The van der Waals surface area contributed by atoms with Gasteiger partial charge in [-0.1, -0.05) is 22.9 Å². The molecule has 0 aromatic carbocycles. The molecule has 0 spiro atoms. The summed E-state index contributed by atoms with van der Waals surface area (Å²) in [5.41, 5.74) is 0. The summed E-state index contributed by atoms with van der Waals surface area (Å²) in [6.07, 6.45) is 5.37. The SMILES string of the molecule is CC(c1nnc(CBr)n1C1CC1)C1CC1. The topological polar surface area (TPSA) is 30.7 Å². The first-order chi connectivity index (χ1) is 7.31. The lowest BCUT2D eigenvalue weighted by Crippen LogP contribution is -2.09. The summed E-state index contributed by atoms with van der Waals surface area (Å²) in [4.78, 5) is 0. The Balaban J connectivity index is 1.94. The van der Waals surface area contributed by atoms with Crippen molar-refractivity contribution < 1.29 is 0 Å². The third kappa shape index (κ3) is 1.73. The zero-order valence-corrected chi connectivity index (χ0v) is 10.6. The van der Waals surface area contributed by atoms with Crippen LogP contribution in [0.1, 0.15) is 56.2 Å². The van der Waals surface area contributed by atoms with Crippen LogP contribution in [-0.4, -0.2) is 14.8 Å². The maximum absolute atomic E-state index is 4.39. The van der Waals surface area contributed by atoms with Gasteiger partial charge in [0.15, 0.2) is 0 Å². The van der Waals surface area contributed by atoms with Crippen LogP contribution >= 0.6 is 15.9 Å². The fourth-order valence-electron chi connectivity index (χ4n) is 2.28. The average molecular weight is 270 g/mol. The van der Waals surface area contributed by atoms with Gasteiger partial charge in [0.05, 0.1) is 5.33 Å². The van der Waals surface area contributed by atoms with Crippen LogP contribution in [0.15, 0.2) is 0 Å². The van der Waals surface area contributed by atoms with E-state index in [1.165, 1.54) is 31.5 Å². The molecule has 2 aliphatic carbocycles. The lowest BCUT2D eigenvalue weighted by molar-refractivity contribution is 0.558. The van der Waals surface area contributed by atoms with Crippen LogP contribution < -0.4 is 0 Å². The molecule has 1 aromatic heterocycles. The van der Waals surface area contributed by atoms with E-state index in [-0.39, 0.29) is 0 Å². The minimum Gasteiger partial charge on any atom is -0.311 e. The Labute approximate surface area is 98.4 Å². The number of hydrogen-bond donors (Lipinski definition) is 0. The minimum absolute atomic E-state index is 0.603. The Kier molecular flexibility index (Phi) is 2.34. The largest absolute Gasteiger partial charge is 0.311 e. The highest BCUT2D eigenvalue weighted by molar-refractivity contribution is 9.08. The summed E-state index contributed by atoms with van der Waals surface area (Å²) in [5.74, 6) is 3.82. The molecule has 3 rings (SSSR count). The second kappa shape index (κ2) is 3.58. The number of aromatic nitrogens is 3. The zero-order valence-electron chi connectivity index (χ0n) is 8.99. The van der Waals surface area contributed by atoms with Gasteiger partial charge in [0.25, 0.3) is 0 Å². The van der Waals surface area contributed by atoms with Gasteiger partial charge < -0.3 is 4.57 Å². The van der Waals surface area contributed by atoms with Gasteiger partial charge in [-0.25, -0.2) is 0 Å². The first-order valence-corrected chi connectivity index (χ1v) is 6.93. The highest BCUT2D eigenvalue weighted by Gasteiger charge is 2.36. The summed E-state index contributed by atoms with van der Waals surface area (Å²) in [7, 11) is 0. The Bertz CT molecular complexity index is 366. The maximum Gasteiger partial charge on any atom is 0.143 e. The van der Waals surface area contributed by atoms with E-state index in [0.29, 0.717) is 12.0 Å². The lowest BCUT2D eigenvalue weighted by atomic mass is 10.1. The Morgan fingerprint density at radius 2 is 2.07 bits per heavy atom. The number of alkyl halides is 1. The van der Waals surface area contributed by atoms with Crippen LogP contribution in [0.2, 0.25) is 0 Å². The fraction of sp³-hybridized carbons (Fsp3) is 0.818. The monoisotopic (exact) mass is 269 g/mol. The van der Waals surface area contributed by atoms with Crippen molar-refractivity contribution in [1.29, 1.82) is 0 Å². The highest BCUT2D eigenvalue weighted by Crippen LogP contribution is 2.45. The molecule has 2 fully saturated rings. The predicted molar refractivity (Wildman–Crippen MR) is 62.1 cm³/mol. The molecule has 0 aliphatic heterocycles. The van der Waals surface area contributed by atoms with Gasteiger partial charge in [0.2, 0.25) is 0 Å². The summed E-state index contributed by atoms with van der Waals surface area (Å²) in [5, 5.41) is 9.51. The molecule has 1 aromatic rings. The van der Waals surface area contributed by atoms with Crippen LogP contribution in [0.25, 0.3) is 0 Å². The molecule has 4 heteroatoms. The van der Waals surface area contributed by atoms with Crippen molar-refractivity contribution in [3.05, 3.63) is 11.6 Å². The maximum atomic E-state index is 4.39. The normalized spacial score (nSPS) is 23.1. The number of nitrogens with zero attached hydrogens (tertiary/aromatic N) is 3. The Morgan fingerprint density at radius 1 is 1.33 bits per heavy atom. The zero-order chi connectivity index (χ0) is 10.4. The molecule has 2 aliphatic rings. The molecular weight excluding hydrogens is 254 g/mol. The second-order valence-corrected chi connectivity index (χ2v) is 5.40. The molecule has 1 heterocycles. The fourth-order valence-corrected chi connectivity index (χ4v) is 2.66. The van der Waals surface area contributed by atoms with Crippen LogP contribution in [0.4, 0.5) is 0 Å². The molecule has 0 bridgehead atoms.